The molecule has 0 saturated carbocycles. The zero-order valence-corrected chi connectivity index (χ0v) is 30.2. The number of rotatable bonds is 7. The van der Waals surface area contributed by atoms with Gasteiger partial charge in [-0.3, -0.25) is 24.0 Å². The molecule has 4 rings (SSSR count). The maximum Gasteiger partial charge on any atom is 0.255 e. The Morgan fingerprint density at radius 2 is 1.54 bits per heavy atom. The first-order chi connectivity index (χ1) is 25.0. The van der Waals surface area contributed by atoms with Gasteiger partial charge in [-0.2, -0.15) is 0 Å². The molecule has 0 spiro atoms. The molecule has 12 heteroatoms. The Morgan fingerprint density at radius 3 is 2.27 bits per heavy atom. The molecule has 1 heterocycles. The second kappa shape index (κ2) is 20.0. The molecule has 0 aliphatic carbocycles. The molecule has 52 heavy (non-hydrogen) atoms. The number of amides is 5. The summed E-state index contributed by atoms with van der Waals surface area (Å²) in [6.07, 6.45) is 3.19. The Balaban J connectivity index is 1.61. The standard InChI is InChI=1S/C40H50FN5O6/c1-27(2)23-32-39(50)45-34(24-28-13-7-6-8-14-28)40(51)46(3)21-11-4-5-12-22-52-35-16-10-9-15-31(35)37(48)44-33(25-36(47)43-32)38(49)42-26-29-17-19-30(41)20-18-29/h6-10,13-20,27,32-34H,4-5,11-12,21-26H2,1-3H3,(H,42,49)(H,43,47)(H,44,48)(H,45,50)/t32-,33-,34-/m0/s1. The summed E-state index contributed by atoms with van der Waals surface area (Å²) >= 11 is 0. The van der Waals surface area contributed by atoms with Crippen molar-refractivity contribution < 1.29 is 33.1 Å². The fraction of sp³-hybridized carbons (Fsp3) is 0.425. The van der Waals surface area contributed by atoms with Gasteiger partial charge in [-0.15, -0.1) is 0 Å². The Hall–Kier alpha value is -5.26. The summed E-state index contributed by atoms with van der Waals surface area (Å²) < 4.78 is 19.4. The van der Waals surface area contributed by atoms with Crippen molar-refractivity contribution in [2.75, 3.05) is 20.2 Å². The van der Waals surface area contributed by atoms with Crippen LogP contribution in [0.4, 0.5) is 4.39 Å². The SMILES string of the molecule is CC(C)C[C@@H]1NC(=O)C[C@@H](C(=O)NCc2ccc(F)cc2)NC(=O)c2ccccc2OCCCCCCN(C)C(=O)[C@H](Cc2ccccc2)NC1=O. The number of fused-ring (bicyclic) bond motifs is 1. The molecular weight excluding hydrogens is 665 g/mol. The van der Waals surface area contributed by atoms with Crippen LogP contribution in [0.5, 0.6) is 5.75 Å². The van der Waals surface area contributed by atoms with E-state index < -0.39 is 54.0 Å². The van der Waals surface area contributed by atoms with E-state index in [9.17, 15) is 28.4 Å². The summed E-state index contributed by atoms with van der Waals surface area (Å²) in [7, 11) is 1.72. The minimum absolute atomic E-state index is 0.0116. The third-order valence-electron chi connectivity index (χ3n) is 8.80. The molecule has 3 aromatic rings. The zero-order chi connectivity index (χ0) is 37.5. The first kappa shape index (κ1) is 39.5. The van der Waals surface area contributed by atoms with Crippen molar-refractivity contribution in [3.8, 4) is 5.75 Å². The van der Waals surface area contributed by atoms with Crippen LogP contribution < -0.4 is 26.0 Å². The average Bonchev–Trinajstić information content (AvgIpc) is 3.12. The van der Waals surface area contributed by atoms with E-state index in [0.29, 0.717) is 30.9 Å². The molecule has 278 valence electrons. The molecule has 11 nitrogen and oxygen atoms in total. The van der Waals surface area contributed by atoms with Crippen molar-refractivity contribution in [3.05, 3.63) is 101 Å². The molecule has 0 saturated heterocycles. The first-order valence-electron chi connectivity index (χ1n) is 17.9. The lowest BCUT2D eigenvalue weighted by molar-refractivity contribution is -0.137. The lowest BCUT2D eigenvalue weighted by Crippen LogP contribution is -2.56. The van der Waals surface area contributed by atoms with Gasteiger partial charge < -0.3 is 30.9 Å². The predicted octanol–water partition coefficient (Wildman–Crippen LogP) is 4.30. The summed E-state index contributed by atoms with van der Waals surface area (Å²) in [6, 6.07) is 18.4. The predicted molar refractivity (Wildman–Crippen MR) is 196 cm³/mol. The molecule has 0 bridgehead atoms. The molecule has 0 aromatic heterocycles. The van der Waals surface area contributed by atoms with Gasteiger partial charge in [-0.05, 0) is 60.6 Å². The summed E-state index contributed by atoms with van der Waals surface area (Å²) in [5.41, 5.74) is 1.69. The fourth-order valence-electron chi connectivity index (χ4n) is 5.97. The number of ether oxygens (including phenoxy) is 1. The Morgan fingerprint density at radius 1 is 0.846 bits per heavy atom. The van der Waals surface area contributed by atoms with Crippen LogP contribution in [-0.2, 0) is 32.1 Å². The van der Waals surface area contributed by atoms with Crippen LogP contribution in [0.25, 0.3) is 0 Å². The maximum atomic E-state index is 13.9. The molecule has 1 aliphatic heterocycles. The maximum absolute atomic E-state index is 13.9. The molecule has 4 N–H and O–H groups in total. The van der Waals surface area contributed by atoms with E-state index in [4.69, 9.17) is 4.74 Å². The molecule has 0 radical (unpaired) electrons. The number of carbonyl (C=O) groups excluding carboxylic acids is 5. The minimum atomic E-state index is -1.33. The Bertz CT molecular complexity index is 1650. The normalized spacial score (nSPS) is 20.0. The molecule has 1 aliphatic rings. The summed E-state index contributed by atoms with van der Waals surface area (Å²) in [6.45, 7) is 4.69. The van der Waals surface area contributed by atoms with Crippen molar-refractivity contribution >= 4 is 29.5 Å². The highest BCUT2D eigenvalue weighted by Gasteiger charge is 2.31. The van der Waals surface area contributed by atoms with Crippen molar-refractivity contribution in [3.63, 3.8) is 0 Å². The molecule has 3 aromatic carbocycles. The van der Waals surface area contributed by atoms with E-state index in [1.807, 2.05) is 44.2 Å². The third kappa shape index (κ3) is 12.5. The van der Waals surface area contributed by atoms with Crippen molar-refractivity contribution in [2.45, 2.75) is 83.5 Å². The van der Waals surface area contributed by atoms with Gasteiger partial charge in [0.2, 0.25) is 23.6 Å². The van der Waals surface area contributed by atoms with Crippen LogP contribution in [0.15, 0.2) is 78.9 Å². The molecule has 0 unspecified atom stereocenters. The Kier molecular flexibility index (Phi) is 15.2. The van der Waals surface area contributed by atoms with E-state index in [1.165, 1.54) is 24.3 Å². The summed E-state index contributed by atoms with van der Waals surface area (Å²) in [4.78, 5) is 70.0. The van der Waals surface area contributed by atoms with Gasteiger partial charge in [0.15, 0.2) is 0 Å². The summed E-state index contributed by atoms with van der Waals surface area (Å²) in [5.74, 6) is -2.77. The van der Waals surface area contributed by atoms with Gasteiger partial charge >= 0.3 is 0 Å². The van der Waals surface area contributed by atoms with E-state index in [1.54, 1.807) is 36.2 Å². The monoisotopic (exact) mass is 715 g/mol. The van der Waals surface area contributed by atoms with Gasteiger partial charge in [0.1, 0.15) is 29.7 Å². The topological polar surface area (TPSA) is 146 Å². The highest BCUT2D eigenvalue weighted by molar-refractivity contribution is 6.01. The second-order valence-corrected chi connectivity index (χ2v) is 13.6. The number of nitrogens with one attached hydrogen (secondary N) is 4. The van der Waals surface area contributed by atoms with E-state index in [-0.39, 0.29) is 36.8 Å². The van der Waals surface area contributed by atoms with Gasteiger partial charge in [-0.25, -0.2) is 4.39 Å². The van der Waals surface area contributed by atoms with Gasteiger partial charge in [0.05, 0.1) is 18.6 Å². The first-order valence-corrected chi connectivity index (χ1v) is 17.9. The number of likely N-dealkylation sites (N-methyl/N-ethyl adjacent to an activating group) is 1. The van der Waals surface area contributed by atoms with E-state index in [0.717, 1.165) is 24.8 Å². The quantitative estimate of drug-likeness (QED) is 0.287. The van der Waals surface area contributed by atoms with Crippen LogP contribution in [0.3, 0.4) is 0 Å². The lowest BCUT2D eigenvalue weighted by atomic mass is 10.0. The number of nitrogens with zero attached hydrogens (tertiary/aromatic N) is 1. The number of halogens is 1. The highest BCUT2D eigenvalue weighted by Crippen LogP contribution is 2.19. The van der Waals surface area contributed by atoms with Crippen molar-refractivity contribution in [1.29, 1.82) is 0 Å². The van der Waals surface area contributed by atoms with Gasteiger partial charge in [0, 0.05) is 26.6 Å². The third-order valence-corrected chi connectivity index (χ3v) is 8.80. The van der Waals surface area contributed by atoms with Crippen molar-refractivity contribution in [2.24, 2.45) is 5.92 Å². The van der Waals surface area contributed by atoms with Gasteiger partial charge in [-0.1, -0.05) is 81.3 Å². The lowest BCUT2D eigenvalue weighted by Gasteiger charge is -2.28. The minimum Gasteiger partial charge on any atom is -0.493 e. The Labute approximate surface area is 305 Å². The van der Waals surface area contributed by atoms with Crippen LogP contribution in [-0.4, -0.2) is 72.8 Å². The van der Waals surface area contributed by atoms with Crippen LogP contribution in [0.1, 0.15) is 73.9 Å². The molecule has 0 fully saturated rings. The number of carbonyl (C=O) groups is 5. The number of para-hydroxylation sites is 1. The largest absolute Gasteiger partial charge is 0.493 e. The smallest absolute Gasteiger partial charge is 0.255 e. The van der Waals surface area contributed by atoms with E-state index in [2.05, 4.69) is 21.3 Å². The second-order valence-electron chi connectivity index (χ2n) is 13.6. The van der Waals surface area contributed by atoms with E-state index >= 15 is 0 Å². The molecule has 3 atom stereocenters. The fourth-order valence-corrected chi connectivity index (χ4v) is 5.97. The van der Waals surface area contributed by atoms with Crippen LogP contribution >= 0.6 is 0 Å². The molecule has 5 amide bonds. The average molecular weight is 716 g/mol. The van der Waals surface area contributed by atoms with Gasteiger partial charge in [0.25, 0.3) is 5.91 Å². The van der Waals surface area contributed by atoms with Crippen LogP contribution in [0, 0.1) is 11.7 Å². The summed E-state index contributed by atoms with van der Waals surface area (Å²) in [5, 5.41) is 11.1. The zero-order valence-electron chi connectivity index (χ0n) is 30.2. The van der Waals surface area contributed by atoms with Crippen molar-refractivity contribution in [1.82, 2.24) is 26.2 Å². The number of benzene rings is 3. The highest BCUT2D eigenvalue weighted by atomic mass is 19.1. The number of hydrogen-bond acceptors (Lipinski definition) is 6. The molecular formula is C40H50FN5O6. The van der Waals surface area contributed by atoms with Crippen LogP contribution in [0.2, 0.25) is 0 Å². The number of hydrogen-bond donors (Lipinski definition) is 4.